The maximum absolute atomic E-state index is 4.39. The summed E-state index contributed by atoms with van der Waals surface area (Å²) in [5.74, 6) is 0.554. The van der Waals surface area contributed by atoms with Crippen LogP contribution in [0.3, 0.4) is 0 Å². The van der Waals surface area contributed by atoms with E-state index in [4.69, 9.17) is 0 Å². The molecule has 0 aromatic carbocycles. The molecule has 0 aliphatic carbocycles. The molecule has 0 spiro atoms. The van der Waals surface area contributed by atoms with Gasteiger partial charge in [0, 0.05) is 6.54 Å². The maximum Gasteiger partial charge on any atom is 0.0698 e. The Morgan fingerprint density at radius 1 is 1.53 bits per heavy atom. The molecule has 1 atom stereocenters. The topological polar surface area (TPSA) is 29.9 Å². The number of halogens is 1. The van der Waals surface area contributed by atoms with Crippen LogP contribution in [-0.4, -0.2) is 16.8 Å². The Balaban J connectivity index is 3.03. The lowest BCUT2D eigenvalue weighted by molar-refractivity contribution is 0.403. The van der Waals surface area contributed by atoms with E-state index in [0.717, 1.165) is 17.4 Å². The predicted octanol–water partition coefficient (Wildman–Crippen LogP) is 2.97. The number of rotatable bonds is 5. The zero-order valence-electron chi connectivity index (χ0n) is 9.92. The van der Waals surface area contributed by atoms with Crippen molar-refractivity contribution in [1.29, 1.82) is 0 Å². The largest absolute Gasteiger partial charge is 0.311 e. The van der Waals surface area contributed by atoms with Crippen LogP contribution in [0.25, 0.3) is 0 Å². The van der Waals surface area contributed by atoms with E-state index in [-0.39, 0.29) is 0 Å². The molecule has 0 aliphatic heterocycles. The quantitative estimate of drug-likeness (QED) is 0.894. The van der Waals surface area contributed by atoms with Gasteiger partial charge in [0.2, 0.25) is 0 Å². The molecule has 4 heteroatoms. The highest BCUT2D eigenvalue weighted by Gasteiger charge is 2.21. The third kappa shape index (κ3) is 2.82. The smallest absolute Gasteiger partial charge is 0.0698 e. The van der Waals surface area contributed by atoms with E-state index in [1.54, 1.807) is 0 Å². The van der Waals surface area contributed by atoms with Gasteiger partial charge in [0.15, 0.2) is 0 Å². The molecule has 0 aliphatic rings. The molecule has 1 unspecified atom stereocenters. The van der Waals surface area contributed by atoms with E-state index in [2.05, 4.69) is 51.8 Å². The zero-order chi connectivity index (χ0) is 11.4. The van der Waals surface area contributed by atoms with Crippen LogP contribution in [0.1, 0.15) is 38.9 Å². The highest BCUT2D eigenvalue weighted by Crippen LogP contribution is 2.28. The lowest BCUT2D eigenvalue weighted by Gasteiger charge is -2.22. The SMILES string of the molecule is CCCn1ncc(Br)c1C(NC)C(C)C. The molecule has 1 heterocycles. The van der Waals surface area contributed by atoms with Gasteiger partial charge in [-0.25, -0.2) is 0 Å². The van der Waals surface area contributed by atoms with E-state index in [1.807, 2.05) is 13.2 Å². The molecule has 1 aromatic heterocycles. The summed E-state index contributed by atoms with van der Waals surface area (Å²) in [5, 5.41) is 7.74. The van der Waals surface area contributed by atoms with Crippen molar-refractivity contribution in [3.8, 4) is 0 Å². The van der Waals surface area contributed by atoms with Crippen LogP contribution in [-0.2, 0) is 6.54 Å². The Morgan fingerprint density at radius 3 is 2.67 bits per heavy atom. The maximum atomic E-state index is 4.39. The van der Waals surface area contributed by atoms with Crippen LogP contribution in [0, 0.1) is 5.92 Å². The van der Waals surface area contributed by atoms with Crippen LogP contribution < -0.4 is 5.32 Å². The third-order valence-corrected chi connectivity index (χ3v) is 3.15. The molecule has 0 fully saturated rings. The van der Waals surface area contributed by atoms with Crippen molar-refractivity contribution >= 4 is 15.9 Å². The normalized spacial score (nSPS) is 13.5. The second-order valence-corrected chi connectivity index (χ2v) is 4.97. The first-order valence-electron chi connectivity index (χ1n) is 5.50. The van der Waals surface area contributed by atoms with Gasteiger partial charge >= 0.3 is 0 Å². The average molecular weight is 274 g/mol. The molecule has 1 aromatic rings. The van der Waals surface area contributed by atoms with Gasteiger partial charge in [0.05, 0.1) is 22.4 Å². The molecular weight excluding hydrogens is 254 g/mol. The van der Waals surface area contributed by atoms with Crippen molar-refractivity contribution < 1.29 is 0 Å². The molecule has 3 nitrogen and oxygen atoms in total. The molecule has 0 amide bonds. The van der Waals surface area contributed by atoms with Crippen LogP contribution in [0.4, 0.5) is 0 Å². The number of aromatic nitrogens is 2. The number of hydrogen-bond acceptors (Lipinski definition) is 2. The molecule has 0 saturated carbocycles. The monoisotopic (exact) mass is 273 g/mol. The molecule has 1 rings (SSSR count). The van der Waals surface area contributed by atoms with E-state index in [0.29, 0.717) is 12.0 Å². The van der Waals surface area contributed by atoms with E-state index in [9.17, 15) is 0 Å². The van der Waals surface area contributed by atoms with Crippen LogP contribution in [0.2, 0.25) is 0 Å². The van der Waals surface area contributed by atoms with Crippen molar-refractivity contribution in [2.75, 3.05) is 7.05 Å². The van der Waals surface area contributed by atoms with Gasteiger partial charge < -0.3 is 5.32 Å². The van der Waals surface area contributed by atoms with Gasteiger partial charge in [-0.15, -0.1) is 0 Å². The van der Waals surface area contributed by atoms with Crippen LogP contribution in [0.15, 0.2) is 10.7 Å². The van der Waals surface area contributed by atoms with E-state index < -0.39 is 0 Å². The molecule has 0 radical (unpaired) electrons. The van der Waals surface area contributed by atoms with E-state index >= 15 is 0 Å². The summed E-state index contributed by atoms with van der Waals surface area (Å²) in [6, 6.07) is 0.355. The number of hydrogen-bond donors (Lipinski definition) is 1. The van der Waals surface area contributed by atoms with Gasteiger partial charge in [-0.1, -0.05) is 20.8 Å². The summed E-state index contributed by atoms with van der Waals surface area (Å²) in [6.45, 7) is 7.59. The second-order valence-electron chi connectivity index (χ2n) is 4.11. The fraction of sp³-hybridized carbons (Fsp3) is 0.727. The van der Waals surface area contributed by atoms with Crippen molar-refractivity contribution in [3.63, 3.8) is 0 Å². The summed E-state index contributed by atoms with van der Waals surface area (Å²) >= 11 is 3.57. The first kappa shape index (κ1) is 12.7. The van der Waals surface area contributed by atoms with Gasteiger partial charge in [-0.3, -0.25) is 4.68 Å². The molecule has 0 bridgehead atoms. The third-order valence-electron chi connectivity index (χ3n) is 2.54. The lowest BCUT2D eigenvalue weighted by atomic mass is 10.0. The van der Waals surface area contributed by atoms with Gasteiger partial charge in [0.1, 0.15) is 0 Å². The van der Waals surface area contributed by atoms with Crippen LogP contribution >= 0.6 is 15.9 Å². The van der Waals surface area contributed by atoms with Crippen LogP contribution in [0.5, 0.6) is 0 Å². The zero-order valence-corrected chi connectivity index (χ0v) is 11.5. The highest BCUT2D eigenvalue weighted by atomic mass is 79.9. The average Bonchev–Trinajstić information content (AvgIpc) is 2.51. The Kier molecular flexibility index (Phi) is 4.80. The predicted molar refractivity (Wildman–Crippen MR) is 66.9 cm³/mol. The minimum Gasteiger partial charge on any atom is -0.311 e. The summed E-state index contributed by atoms with van der Waals surface area (Å²) in [6.07, 6.45) is 2.99. The fourth-order valence-electron chi connectivity index (χ4n) is 1.86. The minimum atomic E-state index is 0.355. The summed E-state index contributed by atoms with van der Waals surface area (Å²) in [7, 11) is 2.00. The summed E-state index contributed by atoms with van der Waals surface area (Å²) in [4.78, 5) is 0. The standard InChI is InChI=1S/C11H20BrN3/c1-5-6-15-11(9(12)7-14-15)10(13-4)8(2)3/h7-8,10,13H,5-6H2,1-4H3. The first-order chi connectivity index (χ1) is 7.11. The molecule has 86 valence electrons. The van der Waals surface area contributed by atoms with Crippen molar-refractivity contribution in [1.82, 2.24) is 15.1 Å². The Hall–Kier alpha value is -0.350. The lowest BCUT2D eigenvalue weighted by Crippen LogP contribution is -2.25. The second kappa shape index (κ2) is 5.66. The Labute approximate surface area is 100 Å². The van der Waals surface area contributed by atoms with Gasteiger partial charge in [0.25, 0.3) is 0 Å². The number of aryl methyl sites for hydroxylation is 1. The van der Waals surface area contributed by atoms with E-state index in [1.165, 1.54) is 5.69 Å². The van der Waals surface area contributed by atoms with Crippen molar-refractivity contribution in [2.24, 2.45) is 5.92 Å². The fourth-order valence-corrected chi connectivity index (χ4v) is 2.40. The number of nitrogens with zero attached hydrogens (tertiary/aromatic N) is 2. The summed E-state index contributed by atoms with van der Waals surface area (Å²) in [5.41, 5.74) is 1.26. The molecule has 15 heavy (non-hydrogen) atoms. The van der Waals surface area contributed by atoms with Crippen molar-refractivity contribution in [3.05, 3.63) is 16.4 Å². The minimum absolute atomic E-state index is 0.355. The van der Waals surface area contributed by atoms with Gasteiger partial charge in [-0.2, -0.15) is 5.10 Å². The Bertz CT molecular complexity index is 307. The summed E-state index contributed by atoms with van der Waals surface area (Å²) < 4.78 is 3.19. The molecule has 0 saturated heterocycles. The molecule has 1 N–H and O–H groups in total. The van der Waals surface area contributed by atoms with Crippen molar-refractivity contribution in [2.45, 2.75) is 39.8 Å². The first-order valence-corrected chi connectivity index (χ1v) is 6.29. The molecular formula is C11H20BrN3. The number of nitrogens with one attached hydrogen (secondary N) is 1. The van der Waals surface area contributed by atoms with Gasteiger partial charge in [-0.05, 0) is 35.3 Å². The Morgan fingerprint density at radius 2 is 2.20 bits per heavy atom. The highest BCUT2D eigenvalue weighted by molar-refractivity contribution is 9.10.